The number of anilines is 2. The summed E-state index contributed by atoms with van der Waals surface area (Å²) in [5.41, 5.74) is 1.60. The highest BCUT2D eigenvalue weighted by atomic mass is 32.2. The normalized spacial score (nSPS) is 16.6. The minimum absolute atomic E-state index is 0.0808. The van der Waals surface area contributed by atoms with E-state index < -0.39 is 0 Å². The molecule has 0 saturated carbocycles. The Morgan fingerprint density at radius 3 is 2.68 bits per heavy atom. The minimum Gasteiger partial charge on any atom is -0.492 e. The fourth-order valence-electron chi connectivity index (χ4n) is 2.96. The maximum atomic E-state index is 12.5. The molecule has 1 aromatic carbocycles. The first-order valence-electron chi connectivity index (χ1n) is 9.57. The Morgan fingerprint density at radius 1 is 1.25 bits per heavy atom. The second kappa shape index (κ2) is 10.8. The Morgan fingerprint density at radius 2 is 2.00 bits per heavy atom. The molecule has 0 radical (unpaired) electrons. The van der Waals surface area contributed by atoms with Gasteiger partial charge in [0.2, 0.25) is 5.91 Å². The summed E-state index contributed by atoms with van der Waals surface area (Å²) in [4.78, 5) is 19.1. The van der Waals surface area contributed by atoms with Gasteiger partial charge in [-0.1, -0.05) is 23.5 Å². The zero-order chi connectivity index (χ0) is 19.8. The molecule has 1 N–H and O–H groups in total. The van der Waals surface area contributed by atoms with E-state index in [4.69, 9.17) is 14.2 Å². The summed E-state index contributed by atoms with van der Waals surface area (Å²) in [6.07, 6.45) is 0. The number of ether oxygens (including phenoxy) is 3. The van der Waals surface area contributed by atoms with Crippen molar-refractivity contribution in [1.82, 2.24) is 0 Å². The number of amides is 1. The lowest BCUT2D eigenvalue weighted by molar-refractivity contribution is -0.113. The van der Waals surface area contributed by atoms with Crippen molar-refractivity contribution in [3.05, 3.63) is 12.1 Å². The van der Waals surface area contributed by atoms with Crippen LogP contribution in [0.4, 0.5) is 11.4 Å². The number of hydrogen-bond acceptors (Lipinski definition) is 8. The molecular formula is C19H27N3O4S2. The van der Waals surface area contributed by atoms with Crippen LogP contribution in [0.15, 0.2) is 17.1 Å². The zero-order valence-electron chi connectivity index (χ0n) is 16.4. The van der Waals surface area contributed by atoms with E-state index in [0.717, 1.165) is 41.2 Å². The van der Waals surface area contributed by atoms with Crippen LogP contribution in [-0.4, -0.2) is 67.9 Å². The smallest absolute Gasteiger partial charge is 0.234 e. The molecular weight excluding hydrogens is 398 g/mol. The third kappa shape index (κ3) is 5.71. The number of nitrogens with one attached hydrogen (secondary N) is 1. The number of rotatable bonds is 8. The predicted molar refractivity (Wildman–Crippen MR) is 118 cm³/mol. The molecule has 2 aliphatic heterocycles. The Bertz CT molecular complexity index is 709. The van der Waals surface area contributed by atoms with E-state index in [9.17, 15) is 4.79 Å². The highest BCUT2D eigenvalue weighted by Crippen LogP contribution is 2.39. The Labute approximate surface area is 174 Å². The van der Waals surface area contributed by atoms with Gasteiger partial charge in [-0.15, -0.1) is 0 Å². The van der Waals surface area contributed by atoms with Gasteiger partial charge in [-0.3, -0.25) is 9.79 Å². The van der Waals surface area contributed by atoms with Gasteiger partial charge in [-0.25, -0.2) is 0 Å². The molecule has 2 aliphatic rings. The van der Waals surface area contributed by atoms with Gasteiger partial charge in [-0.2, -0.15) is 0 Å². The summed E-state index contributed by atoms with van der Waals surface area (Å²) in [6.45, 7) is 8.76. The van der Waals surface area contributed by atoms with Crippen LogP contribution in [0, 0.1) is 0 Å². The van der Waals surface area contributed by atoms with Crippen LogP contribution >= 0.6 is 23.5 Å². The molecule has 28 heavy (non-hydrogen) atoms. The first-order valence-corrected chi connectivity index (χ1v) is 11.5. The molecule has 0 aliphatic carbocycles. The van der Waals surface area contributed by atoms with Gasteiger partial charge in [-0.05, 0) is 13.8 Å². The average molecular weight is 426 g/mol. The van der Waals surface area contributed by atoms with Gasteiger partial charge in [0.25, 0.3) is 0 Å². The largest absolute Gasteiger partial charge is 0.492 e. The van der Waals surface area contributed by atoms with Crippen molar-refractivity contribution in [2.75, 3.05) is 67.8 Å². The number of nitrogens with zero attached hydrogens (tertiary/aromatic N) is 2. The van der Waals surface area contributed by atoms with Crippen LogP contribution in [0.3, 0.4) is 0 Å². The molecule has 9 heteroatoms. The van der Waals surface area contributed by atoms with Crippen LogP contribution in [0.25, 0.3) is 0 Å². The number of benzene rings is 1. The third-order valence-electron chi connectivity index (χ3n) is 4.17. The maximum Gasteiger partial charge on any atom is 0.234 e. The van der Waals surface area contributed by atoms with Crippen molar-refractivity contribution in [2.24, 2.45) is 4.99 Å². The molecule has 7 nitrogen and oxygen atoms in total. The molecule has 0 spiro atoms. The summed E-state index contributed by atoms with van der Waals surface area (Å²) in [5, 5.41) is 2.98. The summed E-state index contributed by atoms with van der Waals surface area (Å²) >= 11 is 3.18. The first-order chi connectivity index (χ1) is 13.7. The van der Waals surface area contributed by atoms with Gasteiger partial charge < -0.3 is 24.4 Å². The molecule has 1 fully saturated rings. The zero-order valence-corrected chi connectivity index (χ0v) is 18.0. The number of hydrogen-bond donors (Lipinski definition) is 1. The fourth-order valence-corrected chi connectivity index (χ4v) is 4.77. The number of thioether (sulfide) groups is 2. The Balaban J connectivity index is 1.77. The van der Waals surface area contributed by atoms with E-state index >= 15 is 0 Å². The molecule has 0 atom stereocenters. The van der Waals surface area contributed by atoms with E-state index in [-0.39, 0.29) is 5.91 Å². The van der Waals surface area contributed by atoms with Crippen LogP contribution in [0.5, 0.6) is 11.5 Å². The number of aliphatic imine (C=N–C) groups is 1. The van der Waals surface area contributed by atoms with Gasteiger partial charge in [0.05, 0.1) is 50.1 Å². The van der Waals surface area contributed by atoms with Crippen molar-refractivity contribution in [3.8, 4) is 11.5 Å². The SMILES string of the molecule is CCOc1cc(N2CCOCC2)c(OCC)cc1NC(=O)CSC1=NCCS1. The van der Waals surface area contributed by atoms with E-state index in [0.29, 0.717) is 43.6 Å². The number of carbonyl (C=O) groups is 1. The molecule has 0 bridgehead atoms. The highest BCUT2D eigenvalue weighted by molar-refractivity contribution is 8.39. The van der Waals surface area contributed by atoms with Gasteiger partial charge in [0.1, 0.15) is 15.9 Å². The summed E-state index contributed by atoms with van der Waals surface area (Å²) in [5.74, 6) is 2.64. The second-order valence-corrected chi connectivity index (χ2v) is 8.42. The van der Waals surface area contributed by atoms with Crippen LogP contribution < -0.4 is 19.7 Å². The first kappa shape index (κ1) is 21.1. The van der Waals surface area contributed by atoms with Crippen molar-refractivity contribution in [3.63, 3.8) is 0 Å². The van der Waals surface area contributed by atoms with Crippen LogP contribution in [0.2, 0.25) is 0 Å². The maximum absolute atomic E-state index is 12.5. The van der Waals surface area contributed by atoms with Gasteiger partial charge >= 0.3 is 0 Å². The van der Waals surface area contributed by atoms with E-state index in [1.165, 1.54) is 11.8 Å². The second-order valence-electron chi connectivity index (χ2n) is 6.11. The Kier molecular flexibility index (Phi) is 8.17. The molecule has 1 amide bonds. The van der Waals surface area contributed by atoms with Gasteiger partial charge in [0, 0.05) is 31.0 Å². The molecule has 0 unspecified atom stereocenters. The predicted octanol–water partition coefficient (Wildman–Crippen LogP) is 3.10. The van der Waals surface area contributed by atoms with Crippen molar-refractivity contribution in [2.45, 2.75) is 13.8 Å². The van der Waals surface area contributed by atoms with E-state index in [1.807, 2.05) is 26.0 Å². The van der Waals surface area contributed by atoms with Crippen LogP contribution in [0.1, 0.15) is 13.8 Å². The quantitative estimate of drug-likeness (QED) is 0.686. The molecule has 1 saturated heterocycles. The van der Waals surface area contributed by atoms with E-state index in [1.54, 1.807) is 11.8 Å². The third-order valence-corrected chi connectivity index (χ3v) is 6.42. The topological polar surface area (TPSA) is 72.4 Å². The molecule has 3 rings (SSSR count). The highest BCUT2D eigenvalue weighted by Gasteiger charge is 2.20. The summed E-state index contributed by atoms with van der Waals surface area (Å²) in [6, 6.07) is 3.82. The fraction of sp³-hybridized carbons (Fsp3) is 0.579. The monoisotopic (exact) mass is 425 g/mol. The summed E-state index contributed by atoms with van der Waals surface area (Å²) < 4.78 is 18.1. The van der Waals surface area contributed by atoms with Crippen LogP contribution in [-0.2, 0) is 9.53 Å². The lowest BCUT2D eigenvalue weighted by Gasteiger charge is -2.31. The van der Waals surface area contributed by atoms with E-state index in [2.05, 4.69) is 15.2 Å². The summed E-state index contributed by atoms with van der Waals surface area (Å²) in [7, 11) is 0. The lowest BCUT2D eigenvalue weighted by atomic mass is 10.2. The number of morpholine rings is 1. The average Bonchev–Trinajstić information content (AvgIpc) is 3.23. The van der Waals surface area contributed by atoms with Crippen molar-refractivity contribution < 1.29 is 19.0 Å². The molecule has 2 heterocycles. The lowest BCUT2D eigenvalue weighted by Crippen LogP contribution is -2.36. The minimum atomic E-state index is -0.0808. The van der Waals surface area contributed by atoms with Crippen molar-refractivity contribution >= 4 is 45.2 Å². The molecule has 0 aromatic heterocycles. The number of carbonyl (C=O) groups excluding carboxylic acids is 1. The van der Waals surface area contributed by atoms with Crippen molar-refractivity contribution in [1.29, 1.82) is 0 Å². The molecule has 154 valence electrons. The molecule has 1 aromatic rings. The standard InChI is InChI=1S/C19H27N3O4S2/c1-3-25-16-12-15(22-6-8-24-9-7-22)17(26-4-2)11-14(16)21-18(23)13-28-19-20-5-10-27-19/h11-12H,3-10,13H2,1-2H3,(H,21,23). The Hall–Kier alpha value is -1.58. The van der Waals surface area contributed by atoms with Gasteiger partial charge in [0.15, 0.2) is 0 Å².